The Bertz CT molecular complexity index is 1220. The number of aryl methyl sites for hydroxylation is 1. The molecule has 1 unspecified atom stereocenters. The Kier molecular flexibility index (Phi) is 4.05. The molecule has 1 atom stereocenters. The van der Waals surface area contributed by atoms with E-state index < -0.39 is 5.60 Å². The molecular formula is C25H26N2O2. The number of rotatable bonds is 1. The molecule has 4 nitrogen and oxygen atoms in total. The van der Waals surface area contributed by atoms with Crippen molar-refractivity contribution < 1.29 is 9.53 Å². The van der Waals surface area contributed by atoms with Gasteiger partial charge in [0.15, 0.2) is 0 Å². The standard InChI is InChI=1S/C25H26N2O2/c1-25(2,3)29-24(28)27-22-14-7-5-10-17(22)18-11-8-12-19(23(18)27)20-15-26-21-13-6-4-9-16(20)21/h4-7,9-10,13-15,19,26H,8,11-12H2,1-3H3. The lowest BCUT2D eigenvalue weighted by atomic mass is 9.82. The minimum absolute atomic E-state index is 0.162. The maximum atomic E-state index is 13.3. The fourth-order valence-electron chi connectivity index (χ4n) is 4.76. The molecule has 0 bridgehead atoms. The highest BCUT2D eigenvalue weighted by molar-refractivity contribution is 5.95. The molecular weight excluding hydrogens is 360 g/mol. The summed E-state index contributed by atoms with van der Waals surface area (Å²) in [6, 6.07) is 16.6. The van der Waals surface area contributed by atoms with Gasteiger partial charge in [0.1, 0.15) is 5.60 Å². The predicted molar refractivity (Wildman–Crippen MR) is 117 cm³/mol. The molecule has 1 N–H and O–H groups in total. The second kappa shape index (κ2) is 6.51. The van der Waals surface area contributed by atoms with E-state index in [0.717, 1.165) is 41.4 Å². The van der Waals surface area contributed by atoms with Gasteiger partial charge in [-0.3, -0.25) is 0 Å². The summed E-state index contributed by atoms with van der Waals surface area (Å²) in [6.45, 7) is 5.75. The largest absolute Gasteiger partial charge is 0.443 e. The van der Waals surface area contributed by atoms with Crippen LogP contribution in [0.25, 0.3) is 21.8 Å². The number of aromatic amines is 1. The number of aromatic nitrogens is 2. The first-order chi connectivity index (χ1) is 13.9. The third-order valence-corrected chi connectivity index (χ3v) is 5.84. The van der Waals surface area contributed by atoms with E-state index in [-0.39, 0.29) is 12.0 Å². The number of carbonyl (C=O) groups is 1. The highest BCUT2D eigenvalue weighted by atomic mass is 16.6. The van der Waals surface area contributed by atoms with Crippen molar-refractivity contribution in [1.29, 1.82) is 0 Å². The van der Waals surface area contributed by atoms with Crippen LogP contribution in [-0.2, 0) is 11.2 Å². The van der Waals surface area contributed by atoms with Crippen LogP contribution in [0.1, 0.15) is 56.4 Å². The number of hydrogen-bond acceptors (Lipinski definition) is 2. The molecule has 0 saturated carbocycles. The first-order valence-corrected chi connectivity index (χ1v) is 10.4. The molecule has 1 aliphatic carbocycles. The van der Waals surface area contributed by atoms with Crippen LogP contribution in [0.3, 0.4) is 0 Å². The smallest absolute Gasteiger partial charge is 0.419 e. The highest BCUT2D eigenvalue weighted by Gasteiger charge is 2.33. The van der Waals surface area contributed by atoms with E-state index in [1.165, 1.54) is 16.5 Å². The number of hydrogen-bond donors (Lipinski definition) is 1. The van der Waals surface area contributed by atoms with Crippen molar-refractivity contribution in [1.82, 2.24) is 9.55 Å². The zero-order valence-corrected chi connectivity index (χ0v) is 17.2. The van der Waals surface area contributed by atoms with Crippen LogP contribution >= 0.6 is 0 Å². The maximum Gasteiger partial charge on any atom is 0.419 e. The van der Waals surface area contributed by atoms with Crippen molar-refractivity contribution in [2.75, 3.05) is 0 Å². The van der Waals surface area contributed by atoms with E-state index >= 15 is 0 Å². The van der Waals surface area contributed by atoms with Crippen molar-refractivity contribution in [3.05, 3.63) is 71.5 Å². The quantitative estimate of drug-likeness (QED) is 0.413. The van der Waals surface area contributed by atoms with Crippen molar-refractivity contribution >= 4 is 27.9 Å². The van der Waals surface area contributed by atoms with Crippen molar-refractivity contribution in [3.63, 3.8) is 0 Å². The number of para-hydroxylation sites is 2. The van der Waals surface area contributed by atoms with Crippen molar-refractivity contribution in [2.45, 2.75) is 51.6 Å². The van der Waals surface area contributed by atoms with Gasteiger partial charge in [0.2, 0.25) is 0 Å². The zero-order chi connectivity index (χ0) is 20.2. The van der Waals surface area contributed by atoms with E-state index in [9.17, 15) is 4.79 Å². The summed E-state index contributed by atoms with van der Waals surface area (Å²) >= 11 is 0. The summed E-state index contributed by atoms with van der Waals surface area (Å²) in [4.78, 5) is 16.7. The molecule has 0 spiro atoms. The molecule has 29 heavy (non-hydrogen) atoms. The first kappa shape index (κ1) is 18.0. The number of nitrogens with one attached hydrogen (secondary N) is 1. The van der Waals surface area contributed by atoms with Crippen molar-refractivity contribution in [3.8, 4) is 0 Å². The number of fused-ring (bicyclic) bond motifs is 4. The van der Waals surface area contributed by atoms with Gasteiger partial charge in [-0.15, -0.1) is 0 Å². The summed E-state index contributed by atoms with van der Waals surface area (Å²) < 4.78 is 7.66. The second-order valence-corrected chi connectivity index (χ2v) is 8.93. The summed E-state index contributed by atoms with van der Waals surface area (Å²) in [5, 5.41) is 2.39. The number of carbonyl (C=O) groups excluding carboxylic acids is 1. The third-order valence-electron chi connectivity index (χ3n) is 5.84. The van der Waals surface area contributed by atoms with Gasteiger partial charge in [-0.05, 0) is 63.3 Å². The Morgan fingerprint density at radius 2 is 1.79 bits per heavy atom. The fraction of sp³-hybridized carbons (Fsp3) is 0.320. The van der Waals surface area contributed by atoms with Gasteiger partial charge in [-0.1, -0.05) is 36.4 Å². The molecule has 1 aliphatic rings. The molecule has 2 heterocycles. The number of ether oxygens (including phenoxy) is 1. The van der Waals surface area contributed by atoms with Gasteiger partial charge >= 0.3 is 6.09 Å². The average molecular weight is 386 g/mol. The molecule has 148 valence electrons. The molecule has 4 heteroatoms. The Labute approximate surface area is 170 Å². The average Bonchev–Trinajstić information content (AvgIpc) is 3.26. The topological polar surface area (TPSA) is 47.0 Å². The van der Waals surface area contributed by atoms with E-state index in [1.807, 2.05) is 43.5 Å². The summed E-state index contributed by atoms with van der Waals surface area (Å²) in [7, 11) is 0. The summed E-state index contributed by atoms with van der Waals surface area (Å²) in [5.41, 5.74) is 5.17. The maximum absolute atomic E-state index is 13.3. The van der Waals surface area contributed by atoms with E-state index in [1.54, 1.807) is 0 Å². The van der Waals surface area contributed by atoms with Crippen LogP contribution in [0, 0.1) is 0 Å². The van der Waals surface area contributed by atoms with Crippen LogP contribution in [-0.4, -0.2) is 21.2 Å². The van der Waals surface area contributed by atoms with Gasteiger partial charge in [-0.2, -0.15) is 0 Å². The first-order valence-electron chi connectivity index (χ1n) is 10.4. The fourth-order valence-corrected chi connectivity index (χ4v) is 4.76. The lowest BCUT2D eigenvalue weighted by Crippen LogP contribution is -2.29. The molecule has 0 fully saturated rings. The van der Waals surface area contributed by atoms with E-state index in [4.69, 9.17) is 4.74 Å². The summed E-state index contributed by atoms with van der Waals surface area (Å²) in [6.07, 6.45) is 4.95. The lowest BCUT2D eigenvalue weighted by molar-refractivity contribution is 0.0538. The lowest BCUT2D eigenvalue weighted by Gasteiger charge is -2.27. The molecule has 0 radical (unpaired) electrons. The number of benzene rings is 2. The minimum Gasteiger partial charge on any atom is -0.443 e. The van der Waals surface area contributed by atoms with Crippen molar-refractivity contribution in [2.24, 2.45) is 0 Å². The Morgan fingerprint density at radius 1 is 1.07 bits per heavy atom. The molecule has 0 saturated heterocycles. The highest BCUT2D eigenvalue weighted by Crippen LogP contribution is 2.44. The molecule has 0 aliphatic heterocycles. The van der Waals surface area contributed by atoms with Crippen LogP contribution in [0.5, 0.6) is 0 Å². The van der Waals surface area contributed by atoms with Crippen LogP contribution in [0.15, 0.2) is 54.7 Å². The van der Waals surface area contributed by atoms with E-state index in [2.05, 4.69) is 41.5 Å². The summed E-state index contributed by atoms with van der Waals surface area (Å²) in [5.74, 6) is 0.162. The van der Waals surface area contributed by atoms with Crippen LogP contribution < -0.4 is 0 Å². The van der Waals surface area contributed by atoms with Gasteiger partial charge in [-0.25, -0.2) is 9.36 Å². The van der Waals surface area contributed by atoms with Gasteiger partial charge in [0.05, 0.1) is 5.52 Å². The SMILES string of the molecule is CC(C)(C)OC(=O)n1c2c(c3ccccc31)CCCC2c1c[nH]c2ccccc12. The number of H-pyrrole nitrogens is 1. The zero-order valence-electron chi connectivity index (χ0n) is 17.2. The van der Waals surface area contributed by atoms with Gasteiger partial charge in [0.25, 0.3) is 0 Å². The Balaban J connectivity index is 1.76. The second-order valence-electron chi connectivity index (χ2n) is 8.93. The normalized spacial score (nSPS) is 16.9. The van der Waals surface area contributed by atoms with Crippen LogP contribution in [0.2, 0.25) is 0 Å². The van der Waals surface area contributed by atoms with Gasteiger partial charge < -0.3 is 9.72 Å². The molecule has 2 aromatic carbocycles. The molecule has 5 rings (SSSR count). The predicted octanol–water partition coefficient (Wildman–Crippen LogP) is 6.37. The minimum atomic E-state index is -0.541. The number of nitrogens with zero attached hydrogens (tertiary/aromatic N) is 1. The third kappa shape index (κ3) is 2.94. The Hall–Kier alpha value is -3.01. The molecule has 0 amide bonds. The van der Waals surface area contributed by atoms with Crippen LogP contribution in [0.4, 0.5) is 4.79 Å². The molecule has 2 aromatic heterocycles. The molecule has 4 aromatic rings. The Morgan fingerprint density at radius 3 is 2.59 bits per heavy atom. The monoisotopic (exact) mass is 386 g/mol. The van der Waals surface area contributed by atoms with E-state index in [0.29, 0.717) is 0 Å². The van der Waals surface area contributed by atoms with Gasteiger partial charge in [0, 0.05) is 34.1 Å².